The number of aliphatic hydroxyl groups is 1. The number of aryl methyl sites for hydroxylation is 3. The van der Waals surface area contributed by atoms with Gasteiger partial charge in [0.15, 0.2) is 0 Å². The van der Waals surface area contributed by atoms with Gasteiger partial charge < -0.3 is 10.2 Å². The first-order valence-electron chi connectivity index (χ1n) is 5.97. The van der Waals surface area contributed by atoms with Crippen molar-refractivity contribution in [3.05, 3.63) is 34.4 Å². The molecule has 0 spiro atoms. The second-order valence-electron chi connectivity index (χ2n) is 4.92. The molecule has 0 aliphatic heterocycles. The Morgan fingerprint density at radius 3 is 2.22 bits per heavy atom. The summed E-state index contributed by atoms with van der Waals surface area (Å²) in [4.78, 5) is 12.2. The minimum absolute atomic E-state index is 0.0684. The van der Waals surface area contributed by atoms with Crippen LogP contribution in [-0.2, 0) is 4.79 Å². The van der Waals surface area contributed by atoms with E-state index in [9.17, 15) is 9.90 Å². The zero-order chi connectivity index (χ0) is 13.9. The molecular formula is C14H21NO3. The lowest BCUT2D eigenvalue weighted by molar-refractivity contribution is -0.138. The first-order chi connectivity index (χ1) is 8.31. The van der Waals surface area contributed by atoms with Gasteiger partial charge in [-0.3, -0.25) is 9.69 Å². The van der Waals surface area contributed by atoms with Crippen LogP contribution in [0.1, 0.15) is 28.4 Å². The molecule has 0 radical (unpaired) electrons. The van der Waals surface area contributed by atoms with Crippen LogP contribution in [0, 0.1) is 20.8 Å². The summed E-state index contributed by atoms with van der Waals surface area (Å²) in [7, 11) is 1.69. The monoisotopic (exact) mass is 251 g/mol. The molecule has 0 aliphatic rings. The average Bonchev–Trinajstić information content (AvgIpc) is 2.12. The fraction of sp³-hybridized carbons (Fsp3) is 0.500. The highest BCUT2D eigenvalue weighted by Gasteiger charge is 2.16. The number of benzene rings is 1. The fourth-order valence-corrected chi connectivity index (χ4v) is 2.40. The van der Waals surface area contributed by atoms with Gasteiger partial charge in [0.2, 0.25) is 0 Å². The maximum Gasteiger partial charge on any atom is 0.317 e. The molecular weight excluding hydrogens is 230 g/mol. The number of rotatable bonds is 5. The van der Waals surface area contributed by atoms with Crippen LogP contribution in [-0.4, -0.2) is 41.2 Å². The third-order valence-corrected chi connectivity index (χ3v) is 2.96. The highest BCUT2D eigenvalue weighted by atomic mass is 16.4. The first-order valence-corrected chi connectivity index (χ1v) is 5.97. The van der Waals surface area contributed by atoms with Crippen LogP contribution in [0.3, 0.4) is 0 Å². The Morgan fingerprint density at radius 2 is 1.78 bits per heavy atom. The highest BCUT2D eigenvalue weighted by Crippen LogP contribution is 2.24. The molecule has 1 atom stereocenters. The molecule has 0 saturated heterocycles. The summed E-state index contributed by atoms with van der Waals surface area (Å²) in [6, 6.07) is 4.06. The van der Waals surface area contributed by atoms with Gasteiger partial charge in [-0.25, -0.2) is 0 Å². The molecule has 0 aliphatic carbocycles. The van der Waals surface area contributed by atoms with Crippen molar-refractivity contribution in [2.75, 3.05) is 20.1 Å². The molecule has 1 rings (SSSR count). The van der Waals surface area contributed by atoms with Gasteiger partial charge in [0.25, 0.3) is 0 Å². The predicted molar refractivity (Wildman–Crippen MR) is 70.7 cm³/mol. The molecule has 100 valence electrons. The Balaban J connectivity index is 2.84. The zero-order valence-corrected chi connectivity index (χ0v) is 11.4. The predicted octanol–water partition coefficient (Wildman–Crippen LogP) is 1.66. The van der Waals surface area contributed by atoms with Gasteiger partial charge in [0, 0.05) is 6.54 Å². The number of likely N-dealkylation sites (N-methyl/N-ethyl adjacent to an activating group) is 1. The SMILES string of the molecule is Cc1cc(C)c(C(O)CN(C)CC(=O)O)c(C)c1. The van der Waals surface area contributed by atoms with Gasteiger partial charge in [-0.2, -0.15) is 0 Å². The molecule has 2 N–H and O–H groups in total. The number of hydrogen-bond donors (Lipinski definition) is 2. The quantitative estimate of drug-likeness (QED) is 0.835. The Morgan fingerprint density at radius 1 is 1.28 bits per heavy atom. The third-order valence-electron chi connectivity index (χ3n) is 2.96. The second kappa shape index (κ2) is 5.98. The van der Waals surface area contributed by atoms with Gasteiger partial charge in [0.05, 0.1) is 12.6 Å². The van der Waals surface area contributed by atoms with Crippen molar-refractivity contribution >= 4 is 5.97 Å². The number of carboxylic acids is 1. The van der Waals surface area contributed by atoms with Crippen LogP contribution in [0.25, 0.3) is 0 Å². The van der Waals surface area contributed by atoms with E-state index in [0.29, 0.717) is 6.54 Å². The molecule has 4 heteroatoms. The van der Waals surface area contributed by atoms with Crippen molar-refractivity contribution < 1.29 is 15.0 Å². The van der Waals surface area contributed by atoms with Gasteiger partial charge >= 0.3 is 5.97 Å². The third kappa shape index (κ3) is 3.82. The largest absolute Gasteiger partial charge is 0.480 e. The lowest BCUT2D eigenvalue weighted by atomic mass is 9.95. The molecule has 1 aromatic rings. The topological polar surface area (TPSA) is 60.8 Å². The lowest BCUT2D eigenvalue weighted by Gasteiger charge is -2.22. The summed E-state index contributed by atoms with van der Waals surface area (Å²) >= 11 is 0. The second-order valence-corrected chi connectivity index (χ2v) is 4.92. The molecule has 18 heavy (non-hydrogen) atoms. The van der Waals surface area contributed by atoms with E-state index < -0.39 is 12.1 Å². The minimum Gasteiger partial charge on any atom is -0.480 e. The van der Waals surface area contributed by atoms with Crippen molar-refractivity contribution in [2.24, 2.45) is 0 Å². The summed E-state index contributed by atoms with van der Waals surface area (Å²) in [5, 5.41) is 18.9. The van der Waals surface area contributed by atoms with Crippen molar-refractivity contribution in [1.29, 1.82) is 0 Å². The van der Waals surface area contributed by atoms with Crippen LogP contribution in [0.5, 0.6) is 0 Å². The van der Waals surface area contributed by atoms with Crippen molar-refractivity contribution in [1.82, 2.24) is 4.90 Å². The summed E-state index contributed by atoms with van der Waals surface area (Å²) in [6.07, 6.45) is -0.657. The van der Waals surface area contributed by atoms with E-state index in [-0.39, 0.29) is 6.54 Å². The summed E-state index contributed by atoms with van der Waals surface area (Å²) in [5.41, 5.74) is 4.16. The maximum absolute atomic E-state index is 10.6. The van der Waals surface area contributed by atoms with E-state index in [0.717, 1.165) is 16.7 Å². The average molecular weight is 251 g/mol. The minimum atomic E-state index is -0.887. The molecule has 4 nitrogen and oxygen atoms in total. The Hall–Kier alpha value is -1.39. The molecule has 0 amide bonds. The van der Waals surface area contributed by atoms with Gasteiger partial charge in [-0.1, -0.05) is 17.7 Å². The van der Waals surface area contributed by atoms with Gasteiger partial charge in [0.1, 0.15) is 0 Å². The van der Waals surface area contributed by atoms with Crippen LogP contribution in [0.4, 0.5) is 0 Å². The number of aliphatic hydroxyl groups excluding tert-OH is 1. The normalized spacial score (nSPS) is 12.8. The number of nitrogens with zero attached hydrogens (tertiary/aromatic N) is 1. The van der Waals surface area contributed by atoms with E-state index in [1.165, 1.54) is 5.56 Å². The fourth-order valence-electron chi connectivity index (χ4n) is 2.40. The van der Waals surface area contributed by atoms with Crippen LogP contribution >= 0.6 is 0 Å². The molecule has 1 aromatic carbocycles. The number of hydrogen-bond acceptors (Lipinski definition) is 3. The molecule has 0 fully saturated rings. The summed E-state index contributed by atoms with van der Waals surface area (Å²) in [5.74, 6) is -0.887. The Bertz CT molecular complexity index is 420. The van der Waals surface area contributed by atoms with Crippen LogP contribution in [0.15, 0.2) is 12.1 Å². The smallest absolute Gasteiger partial charge is 0.317 e. The summed E-state index contributed by atoms with van der Waals surface area (Å²) in [6.45, 7) is 6.20. The maximum atomic E-state index is 10.6. The van der Waals surface area contributed by atoms with E-state index in [4.69, 9.17) is 5.11 Å². The molecule has 0 aromatic heterocycles. The standard InChI is InChI=1S/C14H21NO3/c1-9-5-10(2)14(11(3)6-9)12(16)7-15(4)8-13(17)18/h5-6,12,16H,7-8H2,1-4H3,(H,17,18). The molecule has 0 heterocycles. The highest BCUT2D eigenvalue weighted by molar-refractivity contribution is 5.69. The van der Waals surface area contributed by atoms with E-state index >= 15 is 0 Å². The van der Waals surface area contributed by atoms with E-state index in [2.05, 4.69) is 0 Å². The number of carbonyl (C=O) groups is 1. The van der Waals surface area contributed by atoms with E-state index in [1.54, 1.807) is 11.9 Å². The number of aliphatic carboxylic acids is 1. The van der Waals surface area contributed by atoms with E-state index in [1.807, 2.05) is 32.9 Å². The number of carboxylic acid groups (broad SMARTS) is 1. The molecule has 1 unspecified atom stereocenters. The molecule has 0 saturated carbocycles. The zero-order valence-electron chi connectivity index (χ0n) is 11.4. The summed E-state index contributed by atoms with van der Waals surface area (Å²) < 4.78 is 0. The van der Waals surface area contributed by atoms with Crippen molar-refractivity contribution in [3.63, 3.8) is 0 Å². The first kappa shape index (κ1) is 14.7. The van der Waals surface area contributed by atoms with Gasteiger partial charge in [-0.15, -0.1) is 0 Å². The molecule has 0 bridgehead atoms. The van der Waals surface area contributed by atoms with Gasteiger partial charge in [-0.05, 0) is 44.5 Å². The van der Waals surface area contributed by atoms with Crippen molar-refractivity contribution in [3.8, 4) is 0 Å². The van der Waals surface area contributed by atoms with Crippen molar-refractivity contribution in [2.45, 2.75) is 26.9 Å². The van der Waals surface area contributed by atoms with Crippen LogP contribution < -0.4 is 0 Å². The Labute approximate surface area is 108 Å². The van der Waals surface area contributed by atoms with Crippen LogP contribution in [0.2, 0.25) is 0 Å². The Kier molecular flexibility index (Phi) is 4.87. The lowest BCUT2D eigenvalue weighted by Crippen LogP contribution is -2.30.